The number of carbonyl (C=O) groups is 1. The molecular weight excluding hydrogens is 190 g/mol. The Hall–Kier alpha value is -0.680. The molecule has 0 aliphatic heterocycles. The average Bonchev–Trinajstić information content (AvgIpc) is 2.03. The Kier molecular flexibility index (Phi) is 5.57. The molecule has 0 aliphatic rings. The van der Waals surface area contributed by atoms with Gasteiger partial charge in [-0.25, -0.2) is 4.79 Å². The highest BCUT2D eigenvalue weighted by atomic mass is 32.2. The molecular formula is C8H15NO3S. The molecule has 0 spiro atoms. The van der Waals surface area contributed by atoms with Crippen LogP contribution in [0.1, 0.15) is 6.92 Å². The normalized spacial score (nSPS) is 14.9. The summed E-state index contributed by atoms with van der Waals surface area (Å²) >= 11 is 0. The molecule has 2 atom stereocenters. The summed E-state index contributed by atoms with van der Waals surface area (Å²) in [5, 5.41) is 11.4. The van der Waals surface area contributed by atoms with Crippen molar-refractivity contribution in [1.29, 1.82) is 0 Å². The van der Waals surface area contributed by atoms with Gasteiger partial charge in [-0.3, -0.25) is 4.21 Å². The number of rotatable bonds is 6. The van der Waals surface area contributed by atoms with E-state index in [0.29, 0.717) is 6.54 Å². The van der Waals surface area contributed by atoms with Gasteiger partial charge in [0, 0.05) is 41.0 Å². The summed E-state index contributed by atoms with van der Waals surface area (Å²) in [6.07, 6.45) is 1.62. The molecule has 0 aromatic carbocycles. The Labute approximate surface area is 80.5 Å². The lowest BCUT2D eigenvalue weighted by molar-refractivity contribution is -0.132. The molecule has 0 bridgehead atoms. The van der Waals surface area contributed by atoms with Gasteiger partial charge in [-0.1, -0.05) is 6.58 Å². The minimum atomic E-state index is -1.00. The highest BCUT2D eigenvalue weighted by Crippen LogP contribution is 1.91. The third-order valence-electron chi connectivity index (χ3n) is 1.64. The summed E-state index contributed by atoms with van der Waals surface area (Å²) in [6, 6.07) is 0. The smallest absolute Gasteiger partial charge is 0.332 e. The van der Waals surface area contributed by atoms with Crippen molar-refractivity contribution in [2.24, 2.45) is 0 Å². The van der Waals surface area contributed by atoms with Gasteiger partial charge >= 0.3 is 5.97 Å². The summed E-state index contributed by atoms with van der Waals surface area (Å²) in [7, 11) is -0.875. The summed E-state index contributed by atoms with van der Waals surface area (Å²) in [6.45, 7) is 5.97. The van der Waals surface area contributed by atoms with E-state index in [9.17, 15) is 9.00 Å². The van der Waals surface area contributed by atoms with Gasteiger partial charge in [0.05, 0.1) is 0 Å². The zero-order valence-electron chi connectivity index (χ0n) is 7.87. The van der Waals surface area contributed by atoms with E-state index >= 15 is 0 Å². The summed E-state index contributed by atoms with van der Waals surface area (Å²) in [5.41, 5.74) is 0.120. The molecule has 76 valence electrons. The second-order valence-electron chi connectivity index (χ2n) is 2.85. The Bertz CT molecular complexity index is 227. The first kappa shape index (κ1) is 12.3. The number of aliphatic carboxylic acids is 1. The van der Waals surface area contributed by atoms with Crippen LogP contribution in [-0.4, -0.2) is 39.9 Å². The first-order valence-corrected chi connectivity index (χ1v) is 5.51. The number of carboxylic acids is 1. The maximum absolute atomic E-state index is 10.9. The molecule has 2 unspecified atom stereocenters. The van der Waals surface area contributed by atoms with E-state index < -0.39 is 16.8 Å². The molecule has 0 amide bonds. The van der Waals surface area contributed by atoms with Crippen molar-refractivity contribution in [3.8, 4) is 0 Å². The van der Waals surface area contributed by atoms with Crippen molar-refractivity contribution in [2.75, 3.05) is 19.3 Å². The van der Waals surface area contributed by atoms with Crippen LogP contribution in [-0.2, 0) is 15.6 Å². The zero-order valence-corrected chi connectivity index (χ0v) is 8.69. The predicted molar refractivity (Wildman–Crippen MR) is 53.2 cm³/mol. The van der Waals surface area contributed by atoms with Crippen molar-refractivity contribution in [1.82, 2.24) is 5.32 Å². The van der Waals surface area contributed by atoms with Gasteiger partial charge < -0.3 is 10.4 Å². The van der Waals surface area contributed by atoms with E-state index in [2.05, 4.69) is 11.9 Å². The van der Waals surface area contributed by atoms with E-state index in [4.69, 9.17) is 5.11 Å². The third-order valence-corrected chi connectivity index (χ3v) is 2.94. The Balaban J connectivity index is 3.62. The van der Waals surface area contributed by atoms with Gasteiger partial charge in [0.25, 0.3) is 0 Å². The highest BCUT2D eigenvalue weighted by Gasteiger charge is 2.07. The number of hydrogen-bond acceptors (Lipinski definition) is 3. The van der Waals surface area contributed by atoms with Crippen molar-refractivity contribution < 1.29 is 14.1 Å². The van der Waals surface area contributed by atoms with Crippen LogP contribution < -0.4 is 5.32 Å². The predicted octanol–water partition coefficient (Wildman–Crippen LogP) is -0.0162. The van der Waals surface area contributed by atoms with Crippen LogP contribution in [0.4, 0.5) is 0 Å². The molecule has 0 rings (SSSR count). The van der Waals surface area contributed by atoms with Crippen LogP contribution in [0.2, 0.25) is 0 Å². The Morgan fingerprint density at radius 1 is 1.69 bits per heavy atom. The summed E-state index contributed by atoms with van der Waals surface area (Å²) < 4.78 is 10.9. The largest absolute Gasteiger partial charge is 0.478 e. The minimum Gasteiger partial charge on any atom is -0.478 e. The van der Waals surface area contributed by atoms with Gasteiger partial charge in [0.1, 0.15) is 0 Å². The number of hydrogen-bond donors (Lipinski definition) is 2. The fraction of sp³-hybridized carbons (Fsp3) is 0.625. The van der Waals surface area contributed by atoms with Crippen LogP contribution in [0.15, 0.2) is 12.2 Å². The maximum Gasteiger partial charge on any atom is 0.332 e. The minimum absolute atomic E-state index is 0.0293. The first-order valence-electron chi connectivity index (χ1n) is 3.89. The lowest BCUT2D eigenvalue weighted by Gasteiger charge is -2.09. The molecule has 0 radical (unpaired) electrons. The molecule has 0 aliphatic carbocycles. The van der Waals surface area contributed by atoms with Crippen LogP contribution in [0.3, 0.4) is 0 Å². The van der Waals surface area contributed by atoms with Crippen LogP contribution in [0.25, 0.3) is 0 Å². The molecule has 0 fully saturated rings. The van der Waals surface area contributed by atoms with E-state index in [-0.39, 0.29) is 17.4 Å². The molecule has 0 saturated carbocycles. The van der Waals surface area contributed by atoms with Crippen LogP contribution >= 0.6 is 0 Å². The fourth-order valence-corrected chi connectivity index (χ4v) is 0.972. The topological polar surface area (TPSA) is 66.4 Å². The highest BCUT2D eigenvalue weighted by molar-refractivity contribution is 7.84. The van der Waals surface area contributed by atoms with Gasteiger partial charge in [-0.2, -0.15) is 0 Å². The van der Waals surface area contributed by atoms with Crippen molar-refractivity contribution in [3.05, 3.63) is 12.2 Å². The average molecular weight is 205 g/mol. The molecule has 4 nitrogen and oxygen atoms in total. The summed E-state index contributed by atoms with van der Waals surface area (Å²) in [4.78, 5) is 10.3. The zero-order chi connectivity index (χ0) is 10.4. The number of carboxylic acid groups (broad SMARTS) is 1. The monoisotopic (exact) mass is 205 g/mol. The van der Waals surface area contributed by atoms with Crippen molar-refractivity contribution in [3.63, 3.8) is 0 Å². The molecule has 13 heavy (non-hydrogen) atoms. The Morgan fingerprint density at radius 3 is 2.62 bits per heavy atom. The van der Waals surface area contributed by atoms with Gasteiger partial charge in [0.15, 0.2) is 0 Å². The second-order valence-corrected chi connectivity index (χ2v) is 4.65. The number of nitrogens with one attached hydrogen (secondary N) is 1. The quantitative estimate of drug-likeness (QED) is 0.598. The van der Waals surface area contributed by atoms with E-state index in [1.54, 1.807) is 6.26 Å². The van der Waals surface area contributed by atoms with Crippen molar-refractivity contribution in [2.45, 2.75) is 12.2 Å². The Morgan fingerprint density at radius 2 is 2.23 bits per heavy atom. The second kappa shape index (κ2) is 5.88. The van der Waals surface area contributed by atoms with E-state index in [1.165, 1.54) is 0 Å². The molecule has 0 aromatic heterocycles. The summed E-state index contributed by atoms with van der Waals surface area (Å²) in [5.74, 6) is -1.00. The van der Waals surface area contributed by atoms with E-state index in [1.807, 2.05) is 6.92 Å². The van der Waals surface area contributed by atoms with E-state index in [0.717, 1.165) is 0 Å². The van der Waals surface area contributed by atoms with Gasteiger partial charge in [-0.05, 0) is 6.92 Å². The van der Waals surface area contributed by atoms with Crippen molar-refractivity contribution >= 4 is 16.8 Å². The first-order chi connectivity index (χ1) is 5.95. The molecule has 5 heteroatoms. The third kappa shape index (κ3) is 5.54. The van der Waals surface area contributed by atoms with Crippen LogP contribution in [0, 0.1) is 0 Å². The SMILES string of the molecule is C=C(CNCC(C)S(C)=O)C(=O)O. The van der Waals surface area contributed by atoms with Gasteiger partial charge in [-0.15, -0.1) is 0 Å². The molecule has 0 saturated heterocycles. The standard InChI is InChI=1S/C8H15NO3S/c1-6(8(10)11)4-9-5-7(2)13(3)12/h7,9H,1,4-5H2,2-3H3,(H,10,11). The maximum atomic E-state index is 10.9. The fourth-order valence-electron chi connectivity index (χ4n) is 0.619. The van der Waals surface area contributed by atoms with Crippen LogP contribution in [0.5, 0.6) is 0 Å². The lowest BCUT2D eigenvalue weighted by Crippen LogP contribution is -2.30. The molecule has 2 N–H and O–H groups in total. The molecule has 0 heterocycles. The molecule has 0 aromatic rings. The van der Waals surface area contributed by atoms with Gasteiger partial charge in [0.2, 0.25) is 0 Å². The lowest BCUT2D eigenvalue weighted by atomic mass is 10.3.